The molecule has 1 N–H and O–H groups in total. The SMILES string of the molecule is OC(Cc1ccnc2ccccc12)c1ccc(Br)cn1. The molecule has 2 aromatic heterocycles. The Morgan fingerprint density at radius 2 is 1.90 bits per heavy atom. The summed E-state index contributed by atoms with van der Waals surface area (Å²) < 4.78 is 0.905. The van der Waals surface area contributed by atoms with Gasteiger partial charge in [0.25, 0.3) is 0 Å². The van der Waals surface area contributed by atoms with E-state index in [2.05, 4.69) is 25.9 Å². The summed E-state index contributed by atoms with van der Waals surface area (Å²) in [6.45, 7) is 0. The summed E-state index contributed by atoms with van der Waals surface area (Å²) in [6.07, 6.45) is 3.38. The number of aliphatic hydroxyl groups is 1. The van der Waals surface area contributed by atoms with Crippen LogP contribution in [-0.4, -0.2) is 15.1 Å². The zero-order chi connectivity index (χ0) is 13.9. The number of nitrogens with zero attached hydrogens (tertiary/aromatic N) is 2. The first-order chi connectivity index (χ1) is 9.74. The lowest BCUT2D eigenvalue weighted by molar-refractivity contribution is 0.174. The molecule has 1 unspecified atom stereocenters. The van der Waals surface area contributed by atoms with Crippen LogP contribution in [0.15, 0.2) is 59.3 Å². The molecular weight excluding hydrogens is 316 g/mol. The summed E-state index contributed by atoms with van der Waals surface area (Å²) in [6, 6.07) is 13.6. The summed E-state index contributed by atoms with van der Waals surface area (Å²) in [4.78, 5) is 8.57. The third-order valence-corrected chi connectivity index (χ3v) is 3.71. The molecule has 0 aliphatic rings. The molecule has 0 aliphatic heterocycles. The number of halogens is 1. The van der Waals surface area contributed by atoms with Crippen LogP contribution >= 0.6 is 15.9 Å². The van der Waals surface area contributed by atoms with Gasteiger partial charge in [-0.2, -0.15) is 0 Å². The number of hydrogen-bond donors (Lipinski definition) is 1. The number of fused-ring (bicyclic) bond motifs is 1. The van der Waals surface area contributed by atoms with Crippen LogP contribution in [0.1, 0.15) is 17.4 Å². The van der Waals surface area contributed by atoms with Gasteiger partial charge in [-0.25, -0.2) is 0 Å². The zero-order valence-electron chi connectivity index (χ0n) is 10.7. The number of aromatic nitrogens is 2. The quantitative estimate of drug-likeness (QED) is 0.797. The molecule has 0 radical (unpaired) electrons. The fourth-order valence-electron chi connectivity index (χ4n) is 2.23. The molecule has 1 atom stereocenters. The molecule has 0 fully saturated rings. The van der Waals surface area contributed by atoms with Crippen molar-refractivity contribution in [3.63, 3.8) is 0 Å². The van der Waals surface area contributed by atoms with Gasteiger partial charge in [-0.3, -0.25) is 9.97 Å². The van der Waals surface area contributed by atoms with Crippen molar-refractivity contribution < 1.29 is 5.11 Å². The van der Waals surface area contributed by atoms with Crippen molar-refractivity contribution in [2.75, 3.05) is 0 Å². The Morgan fingerprint density at radius 3 is 2.70 bits per heavy atom. The first-order valence-electron chi connectivity index (χ1n) is 6.36. The average molecular weight is 329 g/mol. The number of hydrogen-bond acceptors (Lipinski definition) is 3. The zero-order valence-corrected chi connectivity index (χ0v) is 12.3. The van der Waals surface area contributed by atoms with Crippen LogP contribution in [0.4, 0.5) is 0 Å². The largest absolute Gasteiger partial charge is 0.386 e. The highest BCUT2D eigenvalue weighted by molar-refractivity contribution is 9.10. The van der Waals surface area contributed by atoms with Crippen molar-refractivity contribution in [3.8, 4) is 0 Å². The molecule has 0 bridgehead atoms. The minimum atomic E-state index is -0.617. The van der Waals surface area contributed by atoms with Gasteiger partial charge < -0.3 is 5.11 Å². The van der Waals surface area contributed by atoms with E-state index < -0.39 is 6.10 Å². The Balaban J connectivity index is 1.91. The fourth-order valence-corrected chi connectivity index (χ4v) is 2.46. The van der Waals surface area contributed by atoms with E-state index in [-0.39, 0.29) is 0 Å². The van der Waals surface area contributed by atoms with Crippen LogP contribution in [0, 0.1) is 0 Å². The van der Waals surface area contributed by atoms with E-state index in [1.54, 1.807) is 12.4 Å². The monoisotopic (exact) mass is 328 g/mol. The Labute approximate surface area is 125 Å². The van der Waals surface area contributed by atoms with E-state index in [1.165, 1.54) is 0 Å². The average Bonchev–Trinajstić information content (AvgIpc) is 2.48. The summed E-state index contributed by atoms with van der Waals surface area (Å²) >= 11 is 3.34. The lowest BCUT2D eigenvalue weighted by Gasteiger charge is -2.12. The molecule has 0 spiro atoms. The lowest BCUT2D eigenvalue weighted by Crippen LogP contribution is -2.04. The molecular formula is C16H13BrN2O. The van der Waals surface area contributed by atoms with Gasteiger partial charge in [0.2, 0.25) is 0 Å². The standard InChI is InChI=1S/C16H13BrN2O/c17-12-5-6-15(19-10-12)16(20)9-11-7-8-18-14-4-2-1-3-13(11)14/h1-8,10,16,20H,9H2. The first-order valence-corrected chi connectivity index (χ1v) is 7.15. The van der Waals surface area contributed by atoms with Crippen molar-refractivity contribution in [2.45, 2.75) is 12.5 Å². The second-order valence-electron chi connectivity index (χ2n) is 4.61. The van der Waals surface area contributed by atoms with Gasteiger partial charge in [-0.1, -0.05) is 18.2 Å². The maximum atomic E-state index is 10.3. The van der Waals surface area contributed by atoms with Gasteiger partial charge in [0.15, 0.2) is 0 Å². The minimum absolute atomic E-state index is 0.525. The lowest BCUT2D eigenvalue weighted by atomic mass is 10.0. The van der Waals surface area contributed by atoms with Crippen LogP contribution in [0.25, 0.3) is 10.9 Å². The molecule has 0 saturated heterocycles. The van der Waals surface area contributed by atoms with Gasteiger partial charge in [-0.15, -0.1) is 0 Å². The van der Waals surface area contributed by atoms with Crippen LogP contribution < -0.4 is 0 Å². The second kappa shape index (κ2) is 5.69. The molecule has 3 rings (SSSR count). The molecule has 4 heteroatoms. The molecule has 1 aromatic carbocycles. The highest BCUT2D eigenvalue weighted by Gasteiger charge is 2.12. The number of para-hydroxylation sites is 1. The molecule has 3 aromatic rings. The highest BCUT2D eigenvalue weighted by Crippen LogP contribution is 2.23. The molecule has 20 heavy (non-hydrogen) atoms. The van der Waals surface area contributed by atoms with E-state index in [1.807, 2.05) is 42.5 Å². The summed E-state index contributed by atoms with van der Waals surface area (Å²) in [5.41, 5.74) is 2.70. The molecule has 0 aliphatic carbocycles. The Morgan fingerprint density at radius 1 is 1.05 bits per heavy atom. The van der Waals surface area contributed by atoms with Crippen molar-refractivity contribution >= 4 is 26.8 Å². The summed E-state index contributed by atoms with van der Waals surface area (Å²) in [5.74, 6) is 0. The van der Waals surface area contributed by atoms with Crippen molar-refractivity contribution in [1.82, 2.24) is 9.97 Å². The molecule has 100 valence electrons. The Bertz CT molecular complexity index is 723. The minimum Gasteiger partial charge on any atom is -0.386 e. The smallest absolute Gasteiger partial charge is 0.1000 e. The highest BCUT2D eigenvalue weighted by atomic mass is 79.9. The van der Waals surface area contributed by atoms with E-state index in [4.69, 9.17) is 0 Å². The predicted octanol–water partition coefficient (Wildman–Crippen LogP) is 3.67. The van der Waals surface area contributed by atoms with Crippen LogP contribution in [-0.2, 0) is 6.42 Å². The maximum absolute atomic E-state index is 10.3. The van der Waals surface area contributed by atoms with Crippen LogP contribution in [0.2, 0.25) is 0 Å². The van der Waals surface area contributed by atoms with Crippen LogP contribution in [0.3, 0.4) is 0 Å². The van der Waals surface area contributed by atoms with E-state index >= 15 is 0 Å². The summed E-state index contributed by atoms with van der Waals surface area (Å²) in [7, 11) is 0. The van der Waals surface area contributed by atoms with Crippen molar-refractivity contribution in [3.05, 3.63) is 70.6 Å². The molecule has 2 heterocycles. The van der Waals surface area contributed by atoms with E-state index in [0.717, 1.165) is 20.9 Å². The topological polar surface area (TPSA) is 46.0 Å². The van der Waals surface area contributed by atoms with Gasteiger partial charge in [0, 0.05) is 28.7 Å². The van der Waals surface area contributed by atoms with Crippen molar-refractivity contribution in [1.29, 1.82) is 0 Å². The Hall–Kier alpha value is -1.78. The van der Waals surface area contributed by atoms with E-state index in [0.29, 0.717) is 12.1 Å². The van der Waals surface area contributed by atoms with E-state index in [9.17, 15) is 5.11 Å². The first kappa shape index (κ1) is 13.2. The fraction of sp³-hybridized carbons (Fsp3) is 0.125. The number of aliphatic hydroxyl groups excluding tert-OH is 1. The third kappa shape index (κ3) is 2.71. The molecule has 0 saturated carbocycles. The Kier molecular flexibility index (Phi) is 3.76. The maximum Gasteiger partial charge on any atom is 0.1000 e. The molecule has 3 nitrogen and oxygen atoms in total. The summed E-state index contributed by atoms with van der Waals surface area (Å²) in [5, 5.41) is 11.4. The van der Waals surface area contributed by atoms with Gasteiger partial charge in [0.05, 0.1) is 17.3 Å². The van der Waals surface area contributed by atoms with Crippen molar-refractivity contribution in [2.24, 2.45) is 0 Å². The normalized spacial score (nSPS) is 12.5. The number of rotatable bonds is 3. The second-order valence-corrected chi connectivity index (χ2v) is 5.52. The van der Waals surface area contributed by atoms with Gasteiger partial charge in [-0.05, 0) is 45.8 Å². The third-order valence-electron chi connectivity index (χ3n) is 3.24. The number of pyridine rings is 2. The number of benzene rings is 1. The van der Waals surface area contributed by atoms with Gasteiger partial charge >= 0.3 is 0 Å². The molecule has 0 amide bonds. The van der Waals surface area contributed by atoms with Gasteiger partial charge in [0.1, 0.15) is 0 Å². The predicted molar refractivity (Wildman–Crippen MR) is 82.3 cm³/mol. The van der Waals surface area contributed by atoms with Crippen LogP contribution in [0.5, 0.6) is 0 Å².